The fourth-order valence-corrected chi connectivity index (χ4v) is 2.15. The summed E-state index contributed by atoms with van der Waals surface area (Å²) in [5.41, 5.74) is 3.22. The van der Waals surface area contributed by atoms with Crippen LogP contribution in [0.4, 0.5) is 0 Å². The topological polar surface area (TPSA) is 74.6 Å². The van der Waals surface area contributed by atoms with Crippen LogP contribution in [0.5, 0.6) is 11.5 Å². The summed E-state index contributed by atoms with van der Waals surface area (Å²) in [5.74, 6) is 0.135. The zero-order valence-electron chi connectivity index (χ0n) is 12.3. The second kappa shape index (κ2) is 6.26. The number of aldehydes is 2. The van der Waals surface area contributed by atoms with Gasteiger partial charge in [0.25, 0.3) is 0 Å². The van der Waals surface area contributed by atoms with E-state index in [-0.39, 0.29) is 11.5 Å². The Bertz CT molecular complexity index is 773. The summed E-state index contributed by atoms with van der Waals surface area (Å²) >= 11 is 0. The van der Waals surface area contributed by atoms with E-state index in [1.54, 1.807) is 38.1 Å². The molecular weight excluding hydrogens is 280 g/mol. The Labute approximate surface area is 128 Å². The molecule has 4 heteroatoms. The Morgan fingerprint density at radius 1 is 0.682 bits per heavy atom. The van der Waals surface area contributed by atoms with E-state index in [2.05, 4.69) is 0 Å². The van der Waals surface area contributed by atoms with Crippen LogP contribution in [0, 0.1) is 13.8 Å². The maximum atomic E-state index is 11.1. The van der Waals surface area contributed by atoms with Crippen LogP contribution >= 0.6 is 0 Å². The maximum Gasteiger partial charge on any atom is 0.150 e. The molecule has 0 aromatic heterocycles. The molecule has 0 atom stereocenters. The average molecular weight is 296 g/mol. The first-order valence-electron chi connectivity index (χ1n) is 6.72. The quantitative estimate of drug-likeness (QED) is 0.669. The first-order chi connectivity index (χ1) is 10.5. The van der Waals surface area contributed by atoms with E-state index in [1.807, 2.05) is 0 Å². The molecule has 4 nitrogen and oxygen atoms in total. The number of aromatic hydroxyl groups is 2. The van der Waals surface area contributed by atoms with Crippen LogP contribution in [0.3, 0.4) is 0 Å². The largest absolute Gasteiger partial charge is 0.508 e. The molecular formula is C18H16O4. The predicted octanol–water partition coefficient (Wildman–Crippen LogP) is 3.51. The van der Waals surface area contributed by atoms with Crippen molar-refractivity contribution in [2.45, 2.75) is 13.8 Å². The molecule has 2 aromatic carbocycles. The van der Waals surface area contributed by atoms with Gasteiger partial charge in [-0.1, -0.05) is 12.2 Å². The molecule has 22 heavy (non-hydrogen) atoms. The summed E-state index contributed by atoms with van der Waals surface area (Å²) in [6.07, 6.45) is 4.64. The van der Waals surface area contributed by atoms with Crippen molar-refractivity contribution in [3.05, 3.63) is 57.6 Å². The molecule has 0 fully saturated rings. The molecule has 0 aliphatic carbocycles. The number of hydrogen-bond acceptors (Lipinski definition) is 4. The summed E-state index contributed by atoms with van der Waals surface area (Å²) in [6, 6.07) is 6.16. The van der Waals surface area contributed by atoms with Crippen LogP contribution in [0.25, 0.3) is 12.2 Å². The van der Waals surface area contributed by atoms with E-state index in [0.29, 0.717) is 39.7 Å². The summed E-state index contributed by atoms with van der Waals surface area (Å²) in [7, 11) is 0. The highest BCUT2D eigenvalue weighted by atomic mass is 16.3. The lowest BCUT2D eigenvalue weighted by molar-refractivity contribution is 0.111. The zero-order chi connectivity index (χ0) is 16.3. The van der Waals surface area contributed by atoms with Crippen LogP contribution in [-0.2, 0) is 0 Å². The van der Waals surface area contributed by atoms with Crippen LogP contribution in [0.1, 0.15) is 43.0 Å². The van der Waals surface area contributed by atoms with Crippen LogP contribution in [0.2, 0.25) is 0 Å². The summed E-state index contributed by atoms with van der Waals surface area (Å²) < 4.78 is 0. The number of benzene rings is 2. The van der Waals surface area contributed by atoms with Gasteiger partial charge in [-0.05, 0) is 54.8 Å². The van der Waals surface area contributed by atoms with Crippen molar-refractivity contribution in [3.63, 3.8) is 0 Å². The van der Waals surface area contributed by atoms with Crippen molar-refractivity contribution in [2.75, 3.05) is 0 Å². The van der Waals surface area contributed by atoms with Crippen LogP contribution in [-0.4, -0.2) is 22.8 Å². The summed E-state index contributed by atoms with van der Waals surface area (Å²) in [4.78, 5) is 22.1. The molecule has 0 aliphatic heterocycles. The summed E-state index contributed by atoms with van der Waals surface area (Å²) in [5, 5.41) is 19.7. The summed E-state index contributed by atoms with van der Waals surface area (Å²) in [6.45, 7) is 3.44. The van der Waals surface area contributed by atoms with Crippen molar-refractivity contribution >= 4 is 24.7 Å². The third kappa shape index (κ3) is 3.06. The molecule has 2 aromatic rings. The van der Waals surface area contributed by atoms with Gasteiger partial charge in [0.15, 0.2) is 6.29 Å². The lowest BCUT2D eigenvalue weighted by Crippen LogP contribution is -1.90. The highest BCUT2D eigenvalue weighted by Gasteiger charge is 2.06. The van der Waals surface area contributed by atoms with Gasteiger partial charge in [-0.2, -0.15) is 0 Å². The molecule has 0 saturated heterocycles. The van der Waals surface area contributed by atoms with Gasteiger partial charge >= 0.3 is 0 Å². The average Bonchev–Trinajstić information content (AvgIpc) is 2.49. The molecule has 0 unspecified atom stereocenters. The van der Waals surface area contributed by atoms with Gasteiger partial charge in [0, 0.05) is 16.7 Å². The van der Waals surface area contributed by atoms with Gasteiger partial charge in [-0.25, -0.2) is 0 Å². The van der Waals surface area contributed by atoms with Gasteiger partial charge < -0.3 is 10.2 Å². The highest BCUT2D eigenvalue weighted by Crippen LogP contribution is 2.26. The smallest absolute Gasteiger partial charge is 0.150 e. The number of carbonyl (C=O) groups is 2. The molecule has 0 radical (unpaired) electrons. The number of phenolic OH excluding ortho intramolecular Hbond substituents is 2. The van der Waals surface area contributed by atoms with E-state index < -0.39 is 0 Å². The maximum absolute atomic E-state index is 11.1. The normalized spacial score (nSPS) is 10.8. The highest BCUT2D eigenvalue weighted by molar-refractivity contribution is 5.87. The van der Waals surface area contributed by atoms with Gasteiger partial charge in [0.2, 0.25) is 0 Å². The number of aryl methyl sites for hydroxylation is 2. The fourth-order valence-electron chi connectivity index (χ4n) is 2.15. The number of carbonyl (C=O) groups excluding carboxylic acids is 2. The first-order valence-corrected chi connectivity index (χ1v) is 6.72. The van der Waals surface area contributed by atoms with Crippen molar-refractivity contribution < 1.29 is 19.8 Å². The Morgan fingerprint density at radius 2 is 1.32 bits per heavy atom. The Hall–Kier alpha value is -2.88. The first kappa shape index (κ1) is 15.5. The van der Waals surface area contributed by atoms with Crippen molar-refractivity contribution in [3.8, 4) is 11.5 Å². The molecule has 0 bridgehead atoms. The number of phenols is 2. The molecule has 0 aliphatic rings. The number of hydrogen-bond donors (Lipinski definition) is 2. The molecule has 2 rings (SSSR count). The predicted molar refractivity (Wildman–Crippen MR) is 85.4 cm³/mol. The second-order valence-corrected chi connectivity index (χ2v) is 5.10. The zero-order valence-corrected chi connectivity index (χ0v) is 12.3. The van der Waals surface area contributed by atoms with Gasteiger partial charge in [-0.3, -0.25) is 9.59 Å². The van der Waals surface area contributed by atoms with Crippen molar-refractivity contribution in [2.24, 2.45) is 0 Å². The molecule has 2 N–H and O–H groups in total. The Balaban J connectivity index is 2.47. The molecule has 0 saturated carbocycles. The van der Waals surface area contributed by atoms with Crippen LogP contribution < -0.4 is 0 Å². The van der Waals surface area contributed by atoms with Gasteiger partial charge in [-0.15, -0.1) is 0 Å². The lowest BCUT2D eigenvalue weighted by atomic mass is 10.0. The minimum Gasteiger partial charge on any atom is -0.508 e. The third-order valence-corrected chi connectivity index (χ3v) is 3.51. The van der Waals surface area contributed by atoms with E-state index in [4.69, 9.17) is 0 Å². The van der Waals surface area contributed by atoms with E-state index in [1.165, 1.54) is 12.1 Å². The van der Waals surface area contributed by atoms with E-state index in [0.717, 1.165) is 6.29 Å². The minimum absolute atomic E-state index is 0.0448. The van der Waals surface area contributed by atoms with E-state index >= 15 is 0 Å². The molecule has 0 heterocycles. The van der Waals surface area contributed by atoms with Crippen LogP contribution in [0.15, 0.2) is 24.3 Å². The van der Waals surface area contributed by atoms with Crippen molar-refractivity contribution in [1.82, 2.24) is 0 Å². The molecule has 0 spiro atoms. The Kier molecular flexibility index (Phi) is 4.41. The fraction of sp³-hybridized carbons (Fsp3) is 0.111. The van der Waals surface area contributed by atoms with Crippen molar-refractivity contribution in [1.29, 1.82) is 0 Å². The standard InChI is InChI=1S/C18H16O4/c1-11-6-18(22)14(7-15(11)9-19)4-3-13-8-17(21)12(2)5-16(13)10-20/h3-10,21-22H,1-2H3/b4-3+. The minimum atomic E-state index is 0.0448. The van der Waals surface area contributed by atoms with Gasteiger partial charge in [0.05, 0.1) is 0 Å². The molecule has 112 valence electrons. The molecule has 0 amide bonds. The third-order valence-electron chi connectivity index (χ3n) is 3.51. The van der Waals surface area contributed by atoms with E-state index in [9.17, 15) is 19.8 Å². The monoisotopic (exact) mass is 296 g/mol. The number of rotatable bonds is 4. The lowest BCUT2D eigenvalue weighted by Gasteiger charge is -2.06. The Morgan fingerprint density at radius 3 is 1.95 bits per heavy atom. The van der Waals surface area contributed by atoms with Gasteiger partial charge in [0.1, 0.15) is 17.8 Å². The SMILES string of the molecule is Cc1cc(C=O)c(/C=C/c2cc(C=O)c(C)cc2O)cc1O. The second-order valence-electron chi connectivity index (χ2n) is 5.10.